The molecule has 0 unspecified atom stereocenters. The van der Waals surface area contributed by atoms with Gasteiger partial charge in [-0.1, -0.05) is 6.07 Å². The summed E-state index contributed by atoms with van der Waals surface area (Å²) in [6.45, 7) is 1.96. The Kier molecular flexibility index (Phi) is 4.30. The molecule has 0 aliphatic carbocycles. The van der Waals surface area contributed by atoms with E-state index in [4.69, 9.17) is 0 Å². The van der Waals surface area contributed by atoms with Gasteiger partial charge in [-0.3, -0.25) is 4.79 Å². The van der Waals surface area contributed by atoms with Crippen molar-refractivity contribution in [3.05, 3.63) is 33.8 Å². The van der Waals surface area contributed by atoms with E-state index in [1.807, 2.05) is 19.1 Å². The molecule has 2 rings (SSSR count). The first-order valence-corrected chi connectivity index (χ1v) is 8.76. The van der Waals surface area contributed by atoms with Crippen molar-refractivity contribution in [3.8, 4) is 0 Å². The minimum absolute atomic E-state index is 0.0516. The van der Waals surface area contributed by atoms with Crippen LogP contribution in [0.2, 0.25) is 0 Å². The average Bonchev–Trinajstić information content (AvgIpc) is 2.31. The van der Waals surface area contributed by atoms with Gasteiger partial charge in [0.25, 0.3) is 5.91 Å². The molecule has 1 aromatic rings. The van der Waals surface area contributed by atoms with E-state index in [1.165, 1.54) is 0 Å². The number of halogens is 1. The molecule has 0 radical (unpaired) electrons. The lowest BCUT2D eigenvalue weighted by molar-refractivity contribution is 0.0933. The van der Waals surface area contributed by atoms with Crippen molar-refractivity contribution in [2.24, 2.45) is 0 Å². The lowest BCUT2D eigenvalue weighted by Gasteiger charge is -2.23. The first kappa shape index (κ1) is 14.5. The summed E-state index contributed by atoms with van der Waals surface area (Å²) in [7, 11) is -2.89. The highest BCUT2D eigenvalue weighted by atomic mass is 79.9. The van der Waals surface area contributed by atoms with E-state index >= 15 is 0 Å². The largest absolute Gasteiger partial charge is 0.349 e. The molecule has 1 fully saturated rings. The lowest BCUT2D eigenvalue weighted by atomic mass is 10.1. The van der Waals surface area contributed by atoms with Gasteiger partial charge < -0.3 is 5.32 Å². The number of sulfone groups is 1. The van der Waals surface area contributed by atoms with Crippen LogP contribution in [0.5, 0.6) is 0 Å². The van der Waals surface area contributed by atoms with Crippen molar-refractivity contribution in [2.75, 3.05) is 11.5 Å². The molecule has 0 aromatic heterocycles. The van der Waals surface area contributed by atoms with Gasteiger partial charge in [-0.15, -0.1) is 0 Å². The number of amides is 1. The highest BCUT2D eigenvalue weighted by Crippen LogP contribution is 2.19. The number of benzene rings is 1. The molecule has 1 aliphatic rings. The molecule has 0 spiro atoms. The number of carbonyl (C=O) groups excluding carboxylic acids is 1. The Morgan fingerprint density at radius 1 is 1.32 bits per heavy atom. The fraction of sp³-hybridized carbons (Fsp3) is 0.462. The van der Waals surface area contributed by atoms with Crippen molar-refractivity contribution < 1.29 is 13.2 Å². The number of aryl methyl sites for hydroxylation is 1. The zero-order valence-corrected chi connectivity index (χ0v) is 13.1. The predicted molar refractivity (Wildman–Crippen MR) is 78.0 cm³/mol. The lowest BCUT2D eigenvalue weighted by Crippen LogP contribution is -2.40. The third-order valence-electron chi connectivity index (χ3n) is 3.26. The quantitative estimate of drug-likeness (QED) is 0.892. The molecular formula is C13H16BrNO3S. The second-order valence-corrected chi connectivity index (χ2v) is 8.04. The first-order valence-electron chi connectivity index (χ1n) is 6.15. The third-order valence-corrected chi connectivity index (χ3v) is 5.63. The maximum atomic E-state index is 12.1. The molecule has 1 aliphatic heterocycles. The van der Waals surface area contributed by atoms with E-state index in [0.29, 0.717) is 18.4 Å². The Hall–Kier alpha value is -0.880. The topological polar surface area (TPSA) is 63.2 Å². The predicted octanol–water partition coefficient (Wildman–Crippen LogP) is 2.06. The van der Waals surface area contributed by atoms with E-state index in [0.717, 1.165) is 10.0 Å². The summed E-state index contributed by atoms with van der Waals surface area (Å²) < 4.78 is 23.4. The molecule has 1 N–H and O–H groups in total. The summed E-state index contributed by atoms with van der Waals surface area (Å²) >= 11 is 3.37. The zero-order valence-electron chi connectivity index (χ0n) is 10.6. The van der Waals surface area contributed by atoms with Crippen LogP contribution >= 0.6 is 15.9 Å². The molecule has 1 amide bonds. The van der Waals surface area contributed by atoms with Crippen LogP contribution in [0.3, 0.4) is 0 Å². The van der Waals surface area contributed by atoms with Crippen LogP contribution in [0, 0.1) is 6.92 Å². The normalized spacial score (nSPS) is 19.1. The van der Waals surface area contributed by atoms with Crippen molar-refractivity contribution in [3.63, 3.8) is 0 Å². The molecular weight excluding hydrogens is 330 g/mol. The maximum Gasteiger partial charge on any atom is 0.252 e. The van der Waals surface area contributed by atoms with Crippen LogP contribution in [0.1, 0.15) is 28.8 Å². The van der Waals surface area contributed by atoms with Gasteiger partial charge in [0.15, 0.2) is 0 Å². The van der Waals surface area contributed by atoms with Crippen molar-refractivity contribution in [2.45, 2.75) is 25.8 Å². The second kappa shape index (κ2) is 5.63. The fourth-order valence-electron chi connectivity index (χ4n) is 2.10. The van der Waals surface area contributed by atoms with Crippen LogP contribution in [0.25, 0.3) is 0 Å². The first-order chi connectivity index (χ1) is 8.87. The molecule has 0 atom stereocenters. The summed E-state index contributed by atoms with van der Waals surface area (Å²) in [5.74, 6) is 0.163. The minimum atomic E-state index is -2.89. The Labute approximate surface area is 121 Å². The van der Waals surface area contributed by atoms with Gasteiger partial charge >= 0.3 is 0 Å². The van der Waals surface area contributed by atoms with E-state index in [9.17, 15) is 13.2 Å². The van der Waals surface area contributed by atoms with E-state index < -0.39 is 9.84 Å². The summed E-state index contributed by atoms with van der Waals surface area (Å²) in [6.07, 6.45) is 0.995. The van der Waals surface area contributed by atoms with Crippen molar-refractivity contribution >= 4 is 31.7 Å². The Morgan fingerprint density at radius 3 is 2.53 bits per heavy atom. The van der Waals surface area contributed by atoms with Crippen molar-refractivity contribution in [1.29, 1.82) is 0 Å². The maximum absolute atomic E-state index is 12.1. The van der Waals surface area contributed by atoms with E-state index in [1.54, 1.807) is 6.07 Å². The van der Waals surface area contributed by atoms with E-state index in [-0.39, 0.29) is 23.5 Å². The second-order valence-electron chi connectivity index (χ2n) is 4.88. The number of rotatable bonds is 2. The third kappa shape index (κ3) is 3.79. The van der Waals surface area contributed by atoms with Gasteiger partial charge in [-0.05, 0) is 53.4 Å². The van der Waals surface area contributed by atoms with Crippen molar-refractivity contribution in [1.82, 2.24) is 5.32 Å². The number of hydrogen-bond donors (Lipinski definition) is 1. The molecule has 1 aromatic carbocycles. The minimum Gasteiger partial charge on any atom is -0.349 e. The van der Waals surface area contributed by atoms with Crippen LogP contribution in [0.15, 0.2) is 22.7 Å². The molecule has 1 heterocycles. The average molecular weight is 346 g/mol. The van der Waals surface area contributed by atoms with Gasteiger partial charge in [-0.25, -0.2) is 8.42 Å². The summed E-state index contributed by atoms with van der Waals surface area (Å²) in [6, 6.07) is 5.49. The number of nitrogens with one attached hydrogen (secondary N) is 1. The molecule has 0 saturated carbocycles. The van der Waals surface area contributed by atoms with Crippen LogP contribution in [-0.2, 0) is 9.84 Å². The molecule has 4 nitrogen and oxygen atoms in total. The van der Waals surface area contributed by atoms with Gasteiger partial charge in [0.05, 0.1) is 17.1 Å². The zero-order chi connectivity index (χ0) is 14.0. The standard InChI is InChI=1S/C13H16BrNO3S/c1-9-2-3-11(12(14)8-9)13(16)15-10-4-6-19(17,18)7-5-10/h2-3,8,10H,4-7H2,1H3,(H,15,16). The molecule has 19 heavy (non-hydrogen) atoms. The van der Waals surface area contributed by atoms with Crippen LogP contribution in [0.4, 0.5) is 0 Å². The summed E-state index contributed by atoms with van der Waals surface area (Å²) in [5.41, 5.74) is 1.66. The van der Waals surface area contributed by atoms with Crippen LogP contribution < -0.4 is 5.32 Å². The van der Waals surface area contributed by atoms with E-state index in [2.05, 4.69) is 21.2 Å². The van der Waals surface area contributed by atoms with Gasteiger partial charge in [0, 0.05) is 10.5 Å². The molecule has 0 bridgehead atoms. The van der Waals surface area contributed by atoms with Gasteiger partial charge in [-0.2, -0.15) is 0 Å². The molecule has 104 valence electrons. The van der Waals surface area contributed by atoms with Gasteiger partial charge in [0.1, 0.15) is 9.84 Å². The molecule has 6 heteroatoms. The Balaban J connectivity index is 2.02. The highest BCUT2D eigenvalue weighted by Gasteiger charge is 2.25. The Bertz CT molecular complexity index is 584. The number of carbonyl (C=O) groups is 1. The summed E-state index contributed by atoms with van der Waals surface area (Å²) in [5, 5.41) is 2.90. The van der Waals surface area contributed by atoms with Crippen LogP contribution in [-0.4, -0.2) is 31.9 Å². The fourth-order valence-corrected chi connectivity index (χ4v) is 4.27. The smallest absolute Gasteiger partial charge is 0.252 e. The number of hydrogen-bond acceptors (Lipinski definition) is 3. The monoisotopic (exact) mass is 345 g/mol. The van der Waals surface area contributed by atoms with Gasteiger partial charge in [0.2, 0.25) is 0 Å². The SMILES string of the molecule is Cc1ccc(C(=O)NC2CCS(=O)(=O)CC2)c(Br)c1. The highest BCUT2D eigenvalue weighted by molar-refractivity contribution is 9.10. The Morgan fingerprint density at radius 2 is 1.95 bits per heavy atom. The molecule has 1 saturated heterocycles. The summed E-state index contributed by atoms with van der Waals surface area (Å²) in [4.78, 5) is 12.1.